The zero-order valence-electron chi connectivity index (χ0n) is 20.2. The van der Waals surface area contributed by atoms with Crippen LogP contribution in [0.3, 0.4) is 0 Å². The Morgan fingerprint density at radius 2 is 1.47 bits per heavy atom. The van der Waals surface area contributed by atoms with Crippen LogP contribution in [0.15, 0.2) is 54.6 Å². The Labute approximate surface area is 199 Å². The summed E-state index contributed by atoms with van der Waals surface area (Å²) in [6, 6.07) is 13.8. The van der Waals surface area contributed by atoms with E-state index in [0.717, 1.165) is 10.0 Å². The quantitative estimate of drug-likeness (QED) is 0.489. The zero-order valence-corrected chi connectivity index (χ0v) is 20.2. The number of hydrogen-bond donors (Lipinski definition) is 1. The Kier molecular flexibility index (Phi) is 7.39. The standard InChI is InChI=1S/C26H31N3O5/c1-17(2)15-21(24(32)34-26(3,4)5)27-25(33)28(16-18-11-7-6-8-12-18)29-22(30)19-13-9-10-14-20(19)23(29)31/h6-14,17,21H,15-16H2,1-5H3,(H,27,33). The molecule has 4 amide bonds. The maximum absolute atomic E-state index is 13.5. The third kappa shape index (κ3) is 5.81. The second kappa shape index (κ2) is 10.1. The highest BCUT2D eigenvalue weighted by molar-refractivity contribution is 6.21. The van der Waals surface area contributed by atoms with Crippen LogP contribution in [0.2, 0.25) is 0 Å². The molecular weight excluding hydrogens is 434 g/mol. The number of urea groups is 1. The number of nitrogens with zero attached hydrogens (tertiary/aromatic N) is 2. The van der Waals surface area contributed by atoms with E-state index in [9.17, 15) is 19.2 Å². The number of nitrogens with one attached hydrogen (secondary N) is 1. The smallest absolute Gasteiger partial charge is 0.337 e. The van der Waals surface area contributed by atoms with E-state index >= 15 is 0 Å². The van der Waals surface area contributed by atoms with Crippen LogP contribution in [0, 0.1) is 5.92 Å². The van der Waals surface area contributed by atoms with E-state index in [4.69, 9.17) is 4.74 Å². The number of imide groups is 1. The van der Waals surface area contributed by atoms with Crippen molar-refractivity contribution in [2.45, 2.75) is 59.2 Å². The number of esters is 1. The monoisotopic (exact) mass is 465 g/mol. The molecule has 0 saturated carbocycles. The highest BCUT2D eigenvalue weighted by atomic mass is 16.6. The lowest BCUT2D eigenvalue weighted by molar-refractivity contribution is -0.157. The van der Waals surface area contributed by atoms with Gasteiger partial charge >= 0.3 is 12.0 Å². The molecule has 3 rings (SSSR count). The van der Waals surface area contributed by atoms with Gasteiger partial charge in [-0.2, -0.15) is 5.01 Å². The number of rotatable bonds is 7. The third-order valence-electron chi connectivity index (χ3n) is 5.12. The van der Waals surface area contributed by atoms with Gasteiger partial charge in [-0.15, -0.1) is 0 Å². The molecule has 1 N–H and O–H groups in total. The van der Waals surface area contributed by atoms with Crippen molar-refractivity contribution in [1.29, 1.82) is 0 Å². The van der Waals surface area contributed by atoms with Gasteiger partial charge in [0, 0.05) is 0 Å². The number of hydrazine groups is 1. The summed E-state index contributed by atoms with van der Waals surface area (Å²) >= 11 is 0. The van der Waals surface area contributed by atoms with Gasteiger partial charge in [0.2, 0.25) is 0 Å². The molecule has 1 heterocycles. The third-order valence-corrected chi connectivity index (χ3v) is 5.12. The van der Waals surface area contributed by atoms with Crippen molar-refractivity contribution in [3.63, 3.8) is 0 Å². The molecule has 0 aromatic heterocycles. The number of carbonyl (C=O) groups is 4. The van der Waals surface area contributed by atoms with Crippen molar-refractivity contribution in [2.24, 2.45) is 5.92 Å². The van der Waals surface area contributed by atoms with Gasteiger partial charge in [-0.1, -0.05) is 56.3 Å². The maximum atomic E-state index is 13.5. The fraction of sp³-hybridized carbons (Fsp3) is 0.385. The fourth-order valence-electron chi connectivity index (χ4n) is 3.67. The van der Waals surface area contributed by atoms with Crippen molar-refractivity contribution in [3.05, 3.63) is 71.3 Å². The first-order valence-corrected chi connectivity index (χ1v) is 11.3. The van der Waals surface area contributed by atoms with Gasteiger partial charge in [-0.25, -0.2) is 14.6 Å². The van der Waals surface area contributed by atoms with Crippen molar-refractivity contribution >= 4 is 23.8 Å². The SMILES string of the molecule is CC(C)CC(NC(=O)N(Cc1ccccc1)N1C(=O)c2ccccc2C1=O)C(=O)OC(C)(C)C. The van der Waals surface area contributed by atoms with Gasteiger partial charge in [0.05, 0.1) is 17.7 Å². The van der Waals surface area contributed by atoms with Crippen LogP contribution in [0.5, 0.6) is 0 Å². The minimum absolute atomic E-state index is 0.0408. The fourth-order valence-corrected chi connectivity index (χ4v) is 3.67. The maximum Gasteiger partial charge on any atom is 0.337 e. The minimum atomic E-state index is -0.944. The van der Waals surface area contributed by atoms with Crippen molar-refractivity contribution in [1.82, 2.24) is 15.3 Å². The van der Waals surface area contributed by atoms with Gasteiger partial charge in [-0.3, -0.25) is 9.59 Å². The van der Waals surface area contributed by atoms with Crippen LogP contribution in [-0.2, 0) is 16.1 Å². The lowest BCUT2D eigenvalue weighted by atomic mass is 10.0. The first-order valence-electron chi connectivity index (χ1n) is 11.3. The van der Waals surface area contributed by atoms with E-state index in [1.54, 1.807) is 69.3 Å². The van der Waals surface area contributed by atoms with Crippen molar-refractivity contribution in [2.75, 3.05) is 0 Å². The van der Waals surface area contributed by atoms with E-state index in [-0.39, 0.29) is 23.6 Å². The molecule has 2 aromatic carbocycles. The van der Waals surface area contributed by atoms with Crippen LogP contribution < -0.4 is 5.32 Å². The molecule has 0 saturated heterocycles. The molecule has 1 atom stereocenters. The second-order valence-corrected chi connectivity index (χ2v) is 9.68. The molecule has 0 bridgehead atoms. The van der Waals surface area contributed by atoms with Gasteiger partial charge < -0.3 is 10.1 Å². The predicted molar refractivity (Wildman–Crippen MR) is 127 cm³/mol. The normalized spacial score (nSPS) is 14.1. The summed E-state index contributed by atoms with van der Waals surface area (Å²) in [5.41, 5.74) is 0.434. The Hall–Kier alpha value is -3.68. The molecule has 0 fully saturated rings. The average molecular weight is 466 g/mol. The van der Waals surface area contributed by atoms with Gasteiger partial charge in [0.1, 0.15) is 11.6 Å². The number of amides is 4. The summed E-state index contributed by atoms with van der Waals surface area (Å²) < 4.78 is 5.50. The lowest BCUT2D eigenvalue weighted by Crippen LogP contribution is -2.56. The second-order valence-electron chi connectivity index (χ2n) is 9.68. The molecular formula is C26H31N3O5. The van der Waals surface area contributed by atoms with Crippen LogP contribution in [-0.4, -0.2) is 45.5 Å². The highest BCUT2D eigenvalue weighted by Crippen LogP contribution is 2.25. The summed E-state index contributed by atoms with van der Waals surface area (Å²) in [5, 5.41) is 4.60. The summed E-state index contributed by atoms with van der Waals surface area (Å²) in [7, 11) is 0. The summed E-state index contributed by atoms with van der Waals surface area (Å²) in [6.07, 6.45) is 0.335. The first-order chi connectivity index (χ1) is 16.0. The number of hydrogen-bond acceptors (Lipinski definition) is 5. The average Bonchev–Trinajstić information content (AvgIpc) is 3.01. The number of carbonyl (C=O) groups excluding carboxylic acids is 4. The Morgan fingerprint density at radius 3 is 1.97 bits per heavy atom. The predicted octanol–water partition coefficient (Wildman–Crippen LogP) is 4.17. The van der Waals surface area contributed by atoms with E-state index in [2.05, 4.69) is 5.32 Å². The molecule has 8 nitrogen and oxygen atoms in total. The number of benzene rings is 2. The summed E-state index contributed by atoms with van der Waals surface area (Å²) in [5.74, 6) is -1.68. The Balaban J connectivity index is 1.92. The van der Waals surface area contributed by atoms with Gasteiger partial charge in [0.15, 0.2) is 0 Å². The van der Waals surface area contributed by atoms with Gasteiger partial charge in [0.25, 0.3) is 11.8 Å². The molecule has 1 aliphatic rings. The molecule has 0 spiro atoms. The van der Waals surface area contributed by atoms with E-state index in [0.29, 0.717) is 12.0 Å². The Morgan fingerprint density at radius 1 is 0.941 bits per heavy atom. The molecule has 180 valence electrons. The molecule has 34 heavy (non-hydrogen) atoms. The lowest BCUT2D eigenvalue weighted by Gasteiger charge is -2.32. The number of ether oxygens (including phenoxy) is 1. The van der Waals surface area contributed by atoms with E-state index in [1.165, 1.54) is 0 Å². The Bertz CT molecular complexity index is 1040. The topological polar surface area (TPSA) is 96.0 Å². The molecule has 0 radical (unpaired) electrons. The molecule has 2 aromatic rings. The van der Waals surface area contributed by atoms with Crippen molar-refractivity contribution < 1.29 is 23.9 Å². The van der Waals surface area contributed by atoms with E-state index in [1.807, 2.05) is 19.9 Å². The largest absolute Gasteiger partial charge is 0.458 e. The molecule has 0 aliphatic carbocycles. The highest BCUT2D eigenvalue weighted by Gasteiger charge is 2.42. The minimum Gasteiger partial charge on any atom is -0.458 e. The zero-order chi connectivity index (χ0) is 25.0. The molecule has 1 unspecified atom stereocenters. The van der Waals surface area contributed by atoms with Crippen LogP contribution >= 0.6 is 0 Å². The van der Waals surface area contributed by atoms with Crippen LogP contribution in [0.1, 0.15) is 67.3 Å². The summed E-state index contributed by atoms with van der Waals surface area (Å²) in [6.45, 7) is 9.06. The number of fused-ring (bicyclic) bond motifs is 1. The van der Waals surface area contributed by atoms with Crippen LogP contribution in [0.4, 0.5) is 4.79 Å². The van der Waals surface area contributed by atoms with E-state index < -0.39 is 35.5 Å². The van der Waals surface area contributed by atoms with Gasteiger partial charge in [-0.05, 0) is 50.8 Å². The molecule has 1 aliphatic heterocycles. The van der Waals surface area contributed by atoms with Crippen LogP contribution in [0.25, 0.3) is 0 Å². The molecule has 8 heteroatoms. The first kappa shape index (κ1) is 25.0. The summed E-state index contributed by atoms with van der Waals surface area (Å²) in [4.78, 5) is 52.6. The van der Waals surface area contributed by atoms with Crippen molar-refractivity contribution in [3.8, 4) is 0 Å².